The van der Waals surface area contributed by atoms with Crippen molar-refractivity contribution in [3.8, 4) is 0 Å². The highest BCUT2D eigenvalue weighted by molar-refractivity contribution is 5.95. The predicted octanol–water partition coefficient (Wildman–Crippen LogP) is 2.13. The normalized spacial score (nSPS) is 15.4. The number of hydrogen-bond acceptors (Lipinski definition) is 3. The Hall–Kier alpha value is -1.88. The second-order valence-electron chi connectivity index (χ2n) is 5.88. The van der Waals surface area contributed by atoms with E-state index in [9.17, 15) is 9.59 Å². The number of carbonyl (C=O) groups excluding carboxylic acids is 2. The Balaban J connectivity index is 1.90. The molecule has 0 aromatic heterocycles. The van der Waals surface area contributed by atoms with Crippen molar-refractivity contribution in [2.45, 2.75) is 26.7 Å². The molecule has 0 unspecified atom stereocenters. The number of amides is 2. The van der Waals surface area contributed by atoms with E-state index in [0.29, 0.717) is 13.2 Å². The van der Waals surface area contributed by atoms with E-state index in [1.165, 1.54) is 4.90 Å². The standard InChI is InChI=1S/C17H24N2O3/c1-12-5-4-6-15(13(12)2)18-16(20)11-19(3)17(21)14-7-9-22-10-8-14/h4-6,14H,7-11H2,1-3H3,(H,18,20). The zero-order valence-electron chi connectivity index (χ0n) is 13.5. The fourth-order valence-corrected chi connectivity index (χ4v) is 2.63. The molecule has 0 spiro atoms. The van der Waals surface area contributed by atoms with Gasteiger partial charge in [0.1, 0.15) is 0 Å². The first-order valence-electron chi connectivity index (χ1n) is 7.68. The van der Waals surface area contributed by atoms with Crippen LogP contribution in [0.1, 0.15) is 24.0 Å². The van der Waals surface area contributed by atoms with Crippen LogP contribution in [-0.2, 0) is 14.3 Å². The summed E-state index contributed by atoms with van der Waals surface area (Å²) in [7, 11) is 1.68. The Morgan fingerprint density at radius 2 is 1.95 bits per heavy atom. The second kappa shape index (κ2) is 7.40. The fourth-order valence-electron chi connectivity index (χ4n) is 2.63. The van der Waals surface area contributed by atoms with Crippen molar-refractivity contribution in [2.24, 2.45) is 5.92 Å². The average Bonchev–Trinajstić information content (AvgIpc) is 2.52. The van der Waals surface area contributed by atoms with E-state index in [-0.39, 0.29) is 24.3 Å². The van der Waals surface area contributed by atoms with Gasteiger partial charge in [0, 0.05) is 31.9 Å². The highest BCUT2D eigenvalue weighted by Gasteiger charge is 2.25. The number of nitrogens with zero attached hydrogens (tertiary/aromatic N) is 1. The summed E-state index contributed by atoms with van der Waals surface area (Å²) in [5, 5.41) is 2.88. The summed E-state index contributed by atoms with van der Waals surface area (Å²) < 4.78 is 5.26. The van der Waals surface area contributed by atoms with Crippen LogP contribution in [0, 0.1) is 19.8 Å². The largest absolute Gasteiger partial charge is 0.381 e. The van der Waals surface area contributed by atoms with Crippen molar-refractivity contribution in [1.82, 2.24) is 4.90 Å². The van der Waals surface area contributed by atoms with E-state index >= 15 is 0 Å². The minimum atomic E-state index is -0.170. The molecule has 5 heteroatoms. The maximum Gasteiger partial charge on any atom is 0.243 e. The molecular formula is C17H24N2O3. The third-order valence-electron chi connectivity index (χ3n) is 4.21. The minimum Gasteiger partial charge on any atom is -0.381 e. The van der Waals surface area contributed by atoms with Gasteiger partial charge in [-0.2, -0.15) is 0 Å². The predicted molar refractivity (Wildman–Crippen MR) is 85.7 cm³/mol. The van der Waals surface area contributed by atoms with E-state index < -0.39 is 0 Å². The summed E-state index contributed by atoms with van der Waals surface area (Å²) in [6.07, 6.45) is 1.48. The van der Waals surface area contributed by atoms with E-state index in [2.05, 4.69) is 5.32 Å². The van der Waals surface area contributed by atoms with E-state index in [0.717, 1.165) is 29.7 Å². The van der Waals surface area contributed by atoms with Crippen LogP contribution in [0.5, 0.6) is 0 Å². The summed E-state index contributed by atoms with van der Waals surface area (Å²) in [6, 6.07) is 5.79. The van der Waals surface area contributed by atoms with Crippen LogP contribution in [0.3, 0.4) is 0 Å². The number of rotatable bonds is 4. The lowest BCUT2D eigenvalue weighted by molar-refractivity contribution is -0.139. The van der Waals surface area contributed by atoms with Crippen molar-refractivity contribution in [1.29, 1.82) is 0 Å². The summed E-state index contributed by atoms with van der Waals surface area (Å²) in [5.74, 6) is -0.164. The maximum absolute atomic E-state index is 12.3. The first-order chi connectivity index (χ1) is 10.5. The molecule has 2 amide bonds. The Morgan fingerprint density at radius 3 is 2.64 bits per heavy atom. The van der Waals surface area contributed by atoms with E-state index in [1.807, 2.05) is 32.0 Å². The number of nitrogens with one attached hydrogen (secondary N) is 1. The fraction of sp³-hybridized carbons (Fsp3) is 0.529. The molecular weight excluding hydrogens is 280 g/mol. The Bertz CT molecular complexity index is 551. The molecule has 1 fully saturated rings. The molecule has 1 aromatic carbocycles. The van der Waals surface area contributed by atoms with E-state index in [4.69, 9.17) is 4.74 Å². The van der Waals surface area contributed by atoms with Crippen LogP contribution < -0.4 is 5.32 Å². The smallest absolute Gasteiger partial charge is 0.243 e. The van der Waals surface area contributed by atoms with Gasteiger partial charge in [-0.3, -0.25) is 9.59 Å². The highest BCUT2D eigenvalue weighted by atomic mass is 16.5. The van der Waals surface area contributed by atoms with Crippen molar-refractivity contribution in [2.75, 3.05) is 32.1 Å². The topological polar surface area (TPSA) is 58.6 Å². The molecule has 1 saturated heterocycles. The van der Waals surface area contributed by atoms with Gasteiger partial charge >= 0.3 is 0 Å². The minimum absolute atomic E-state index is 0.0211. The van der Waals surface area contributed by atoms with Gasteiger partial charge < -0.3 is 15.0 Å². The van der Waals surface area contributed by atoms with Gasteiger partial charge in [-0.15, -0.1) is 0 Å². The highest BCUT2D eigenvalue weighted by Crippen LogP contribution is 2.19. The van der Waals surface area contributed by atoms with Crippen molar-refractivity contribution < 1.29 is 14.3 Å². The van der Waals surface area contributed by atoms with Crippen molar-refractivity contribution >= 4 is 17.5 Å². The van der Waals surface area contributed by atoms with Crippen LogP contribution in [0.4, 0.5) is 5.69 Å². The third kappa shape index (κ3) is 4.07. The van der Waals surface area contributed by atoms with Crippen LogP contribution in [0.2, 0.25) is 0 Å². The van der Waals surface area contributed by atoms with Crippen molar-refractivity contribution in [3.63, 3.8) is 0 Å². The number of anilines is 1. The van der Waals surface area contributed by atoms with Crippen LogP contribution in [0.15, 0.2) is 18.2 Å². The van der Waals surface area contributed by atoms with Gasteiger partial charge in [0.15, 0.2) is 0 Å². The number of likely N-dealkylation sites (N-methyl/N-ethyl adjacent to an activating group) is 1. The third-order valence-corrected chi connectivity index (χ3v) is 4.21. The molecule has 0 atom stereocenters. The molecule has 22 heavy (non-hydrogen) atoms. The van der Waals surface area contributed by atoms with Gasteiger partial charge in [-0.25, -0.2) is 0 Å². The molecule has 1 aromatic rings. The molecule has 0 saturated carbocycles. The number of carbonyl (C=O) groups is 2. The van der Waals surface area contributed by atoms with Crippen LogP contribution in [-0.4, -0.2) is 43.5 Å². The molecule has 1 aliphatic rings. The number of benzene rings is 1. The van der Waals surface area contributed by atoms with Gasteiger partial charge in [0.2, 0.25) is 11.8 Å². The molecule has 2 rings (SSSR count). The lowest BCUT2D eigenvalue weighted by Gasteiger charge is -2.26. The molecule has 120 valence electrons. The lowest BCUT2D eigenvalue weighted by Crippen LogP contribution is -2.40. The van der Waals surface area contributed by atoms with E-state index in [1.54, 1.807) is 7.05 Å². The number of ether oxygens (including phenoxy) is 1. The molecule has 0 radical (unpaired) electrons. The first kappa shape index (κ1) is 16.5. The molecule has 5 nitrogen and oxygen atoms in total. The summed E-state index contributed by atoms with van der Waals surface area (Å²) >= 11 is 0. The SMILES string of the molecule is Cc1cccc(NC(=O)CN(C)C(=O)C2CCOCC2)c1C. The molecule has 1 aliphatic heterocycles. The molecule has 0 bridgehead atoms. The molecule has 1 N–H and O–H groups in total. The summed E-state index contributed by atoms with van der Waals surface area (Å²) in [4.78, 5) is 26.0. The monoisotopic (exact) mass is 304 g/mol. The number of aryl methyl sites for hydroxylation is 1. The van der Waals surface area contributed by atoms with Crippen LogP contribution in [0.25, 0.3) is 0 Å². The van der Waals surface area contributed by atoms with Crippen LogP contribution >= 0.6 is 0 Å². The maximum atomic E-state index is 12.3. The zero-order chi connectivity index (χ0) is 16.1. The Kier molecular flexibility index (Phi) is 5.55. The molecule has 0 aliphatic carbocycles. The Morgan fingerprint density at radius 1 is 1.27 bits per heavy atom. The summed E-state index contributed by atoms with van der Waals surface area (Å²) in [5.41, 5.74) is 2.98. The van der Waals surface area contributed by atoms with Gasteiger partial charge in [-0.1, -0.05) is 12.1 Å². The Labute approximate surface area is 131 Å². The number of hydrogen-bond donors (Lipinski definition) is 1. The van der Waals surface area contributed by atoms with Crippen molar-refractivity contribution in [3.05, 3.63) is 29.3 Å². The first-order valence-corrected chi connectivity index (χ1v) is 7.68. The van der Waals surface area contributed by atoms with Gasteiger partial charge in [-0.05, 0) is 43.9 Å². The van der Waals surface area contributed by atoms with Gasteiger partial charge in [0.25, 0.3) is 0 Å². The molecule has 1 heterocycles. The zero-order valence-corrected chi connectivity index (χ0v) is 13.5. The summed E-state index contributed by atoms with van der Waals surface area (Å²) in [6.45, 7) is 5.30. The lowest BCUT2D eigenvalue weighted by atomic mass is 9.99. The quantitative estimate of drug-likeness (QED) is 0.927. The van der Waals surface area contributed by atoms with Gasteiger partial charge in [0.05, 0.1) is 6.54 Å². The second-order valence-corrected chi connectivity index (χ2v) is 5.88. The average molecular weight is 304 g/mol.